The van der Waals surface area contributed by atoms with Crippen molar-refractivity contribution in [1.29, 1.82) is 0 Å². The fourth-order valence-electron chi connectivity index (χ4n) is 7.58. The van der Waals surface area contributed by atoms with E-state index in [-0.39, 0.29) is 11.0 Å². The standard InChI is InChI=1S/C49H44N2/c1-48(2,3)39-25-27-40(28-26-39)49(4,5)51(43-29-24-35-14-6-7-17-38(35)34-43)42-32-30-41(31-33-42)50(46-22-12-18-36-15-8-10-20-44(36)46)47-23-13-19-37-16-9-11-21-45(37)47/h6-34H,1-5H3. The smallest absolute Gasteiger partial charge is 0.0646 e. The van der Waals surface area contributed by atoms with E-state index >= 15 is 0 Å². The van der Waals surface area contributed by atoms with Gasteiger partial charge >= 0.3 is 0 Å². The summed E-state index contributed by atoms with van der Waals surface area (Å²) in [4.78, 5) is 4.92. The highest BCUT2D eigenvalue weighted by molar-refractivity contribution is 6.04. The number of hydrogen-bond acceptors (Lipinski definition) is 2. The first-order chi connectivity index (χ1) is 24.7. The number of rotatable bonds is 7. The van der Waals surface area contributed by atoms with Crippen LogP contribution in [-0.4, -0.2) is 0 Å². The molecule has 0 unspecified atom stereocenters. The summed E-state index contributed by atoms with van der Waals surface area (Å²) in [5.74, 6) is 0. The van der Waals surface area contributed by atoms with Crippen LogP contribution in [0.4, 0.5) is 28.4 Å². The minimum absolute atomic E-state index is 0.0938. The predicted molar refractivity (Wildman–Crippen MR) is 220 cm³/mol. The van der Waals surface area contributed by atoms with E-state index < -0.39 is 0 Å². The Morgan fingerprint density at radius 3 is 1.37 bits per heavy atom. The van der Waals surface area contributed by atoms with Crippen LogP contribution in [0, 0.1) is 0 Å². The summed E-state index contributed by atoms with van der Waals surface area (Å²) in [5, 5.41) is 7.35. The second-order valence-corrected chi connectivity index (χ2v) is 15.1. The molecule has 0 saturated carbocycles. The Labute approximate surface area is 302 Å². The summed E-state index contributed by atoms with van der Waals surface area (Å²) in [6, 6.07) is 64.4. The van der Waals surface area contributed by atoms with Crippen molar-refractivity contribution in [3.63, 3.8) is 0 Å². The van der Waals surface area contributed by atoms with Crippen molar-refractivity contribution in [1.82, 2.24) is 0 Å². The first kappa shape index (κ1) is 32.4. The predicted octanol–water partition coefficient (Wildman–Crippen LogP) is 14.0. The molecule has 0 saturated heterocycles. The van der Waals surface area contributed by atoms with Crippen LogP contribution in [0.5, 0.6) is 0 Å². The van der Waals surface area contributed by atoms with Crippen molar-refractivity contribution in [2.24, 2.45) is 0 Å². The molecule has 0 aliphatic carbocycles. The van der Waals surface area contributed by atoms with Gasteiger partial charge in [-0.3, -0.25) is 0 Å². The van der Waals surface area contributed by atoms with E-state index in [1.165, 1.54) is 43.4 Å². The van der Waals surface area contributed by atoms with Crippen LogP contribution in [0.25, 0.3) is 32.3 Å². The topological polar surface area (TPSA) is 6.48 Å². The van der Waals surface area contributed by atoms with Crippen LogP contribution >= 0.6 is 0 Å². The highest BCUT2D eigenvalue weighted by atomic mass is 15.2. The molecule has 250 valence electrons. The van der Waals surface area contributed by atoms with Crippen LogP contribution in [0.2, 0.25) is 0 Å². The molecule has 2 heteroatoms. The van der Waals surface area contributed by atoms with Gasteiger partial charge in [-0.05, 0) is 100 Å². The lowest BCUT2D eigenvalue weighted by atomic mass is 9.84. The minimum atomic E-state index is -0.356. The molecule has 2 nitrogen and oxygen atoms in total. The van der Waals surface area contributed by atoms with Gasteiger partial charge in [-0.2, -0.15) is 0 Å². The zero-order valence-electron chi connectivity index (χ0n) is 30.1. The quantitative estimate of drug-likeness (QED) is 0.168. The third kappa shape index (κ3) is 6.02. The van der Waals surface area contributed by atoms with Gasteiger partial charge in [0.05, 0.1) is 16.9 Å². The highest BCUT2D eigenvalue weighted by Crippen LogP contribution is 2.45. The first-order valence-electron chi connectivity index (χ1n) is 17.9. The minimum Gasteiger partial charge on any atom is -0.332 e. The Hall–Kier alpha value is -5.86. The highest BCUT2D eigenvalue weighted by Gasteiger charge is 2.31. The zero-order valence-corrected chi connectivity index (χ0v) is 30.1. The summed E-state index contributed by atoms with van der Waals surface area (Å²) in [6.07, 6.45) is 0. The van der Waals surface area contributed by atoms with Crippen molar-refractivity contribution in [2.75, 3.05) is 9.80 Å². The molecule has 0 atom stereocenters. The molecule has 0 N–H and O–H groups in total. The molecule has 0 aliphatic heterocycles. The van der Waals surface area contributed by atoms with E-state index in [1.807, 2.05) is 0 Å². The van der Waals surface area contributed by atoms with Crippen molar-refractivity contribution in [3.05, 3.63) is 187 Å². The first-order valence-corrected chi connectivity index (χ1v) is 17.9. The second kappa shape index (κ2) is 12.8. The maximum atomic E-state index is 2.50. The normalized spacial score (nSPS) is 12.0. The molecule has 0 amide bonds. The van der Waals surface area contributed by atoms with Crippen molar-refractivity contribution in [2.45, 2.75) is 45.6 Å². The molecule has 0 heterocycles. The molecule has 8 rings (SSSR count). The fraction of sp³-hybridized carbons (Fsp3) is 0.143. The Morgan fingerprint density at radius 1 is 0.353 bits per heavy atom. The fourth-order valence-corrected chi connectivity index (χ4v) is 7.58. The Kier molecular flexibility index (Phi) is 8.11. The van der Waals surface area contributed by atoms with Gasteiger partial charge in [-0.15, -0.1) is 0 Å². The van der Waals surface area contributed by atoms with Gasteiger partial charge in [0.1, 0.15) is 0 Å². The average molecular weight is 661 g/mol. The molecule has 8 aromatic carbocycles. The zero-order chi connectivity index (χ0) is 35.2. The van der Waals surface area contributed by atoms with Crippen LogP contribution in [-0.2, 0) is 11.0 Å². The van der Waals surface area contributed by atoms with E-state index in [2.05, 4.69) is 220 Å². The lowest BCUT2D eigenvalue weighted by Gasteiger charge is -2.41. The molecule has 0 radical (unpaired) electrons. The summed E-state index contributed by atoms with van der Waals surface area (Å²) in [7, 11) is 0. The molecule has 0 aliphatic rings. The van der Waals surface area contributed by atoms with Gasteiger partial charge in [-0.25, -0.2) is 0 Å². The van der Waals surface area contributed by atoms with Gasteiger partial charge in [0, 0.05) is 27.8 Å². The maximum Gasteiger partial charge on any atom is 0.0646 e. The molecular formula is C49H44N2. The van der Waals surface area contributed by atoms with Crippen molar-refractivity contribution in [3.8, 4) is 0 Å². The molecule has 0 spiro atoms. The number of benzene rings is 8. The lowest BCUT2D eigenvalue weighted by Crippen LogP contribution is -2.38. The van der Waals surface area contributed by atoms with Crippen LogP contribution < -0.4 is 9.80 Å². The summed E-state index contributed by atoms with van der Waals surface area (Å²) < 4.78 is 0. The molecule has 51 heavy (non-hydrogen) atoms. The Morgan fingerprint density at radius 2 is 0.804 bits per heavy atom. The van der Waals surface area contributed by atoms with Crippen molar-refractivity contribution >= 4 is 60.8 Å². The molecule has 0 bridgehead atoms. The van der Waals surface area contributed by atoms with E-state index in [9.17, 15) is 0 Å². The van der Waals surface area contributed by atoms with E-state index in [0.717, 1.165) is 28.4 Å². The Balaban J connectivity index is 1.29. The molecular weight excluding hydrogens is 617 g/mol. The summed E-state index contributed by atoms with van der Waals surface area (Å²) in [5.41, 5.74) is 8.05. The molecule has 8 aromatic rings. The van der Waals surface area contributed by atoms with Crippen LogP contribution in [0.1, 0.15) is 45.7 Å². The summed E-state index contributed by atoms with van der Waals surface area (Å²) in [6.45, 7) is 11.5. The molecule has 0 fully saturated rings. The number of anilines is 5. The number of hydrogen-bond donors (Lipinski definition) is 0. The van der Waals surface area contributed by atoms with Gasteiger partial charge in [0.2, 0.25) is 0 Å². The third-order valence-electron chi connectivity index (χ3n) is 10.4. The SMILES string of the molecule is CC(C)(C)c1ccc(C(C)(C)N(c2ccc(N(c3cccc4ccccc34)c3cccc4ccccc34)cc2)c2ccc3ccccc3c2)cc1. The number of nitrogens with zero attached hydrogens (tertiary/aromatic N) is 2. The maximum absolute atomic E-state index is 2.50. The average Bonchev–Trinajstić information content (AvgIpc) is 3.15. The summed E-state index contributed by atoms with van der Waals surface area (Å²) >= 11 is 0. The largest absolute Gasteiger partial charge is 0.332 e. The van der Waals surface area contributed by atoms with Gasteiger partial charge in [0.25, 0.3) is 0 Å². The lowest BCUT2D eigenvalue weighted by molar-refractivity contribution is 0.533. The van der Waals surface area contributed by atoms with Gasteiger partial charge in [-0.1, -0.05) is 148 Å². The third-order valence-corrected chi connectivity index (χ3v) is 10.4. The second-order valence-electron chi connectivity index (χ2n) is 15.1. The van der Waals surface area contributed by atoms with E-state index in [4.69, 9.17) is 0 Å². The van der Waals surface area contributed by atoms with E-state index in [0.29, 0.717) is 0 Å². The number of fused-ring (bicyclic) bond motifs is 3. The van der Waals surface area contributed by atoms with E-state index in [1.54, 1.807) is 0 Å². The van der Waals surface area contributed by atoms with Gasteiger partial charge in [0.15, 0.2) is 0 Å². The molecule has 0 aromatic heterocycles. The van der Waals surface area contributed by atoms with Gasteiger partial charge < -0.3 is 9.80 Å². The van der Waals surface area contributed by atoms with Crippen LogP contribution in [0.15, 0.2) is 176 Å². The monoisotopic (exact) mass is 660 g/mol. The van der Waals surface area contributed by atoms with Crippen molar-refractivity contribution < 1.29 is 0 Å². The van der Waals surface area contributed by atoms with Crippen LogP contribution in [0.3, 0.4) is 0 Å². The Bertz CT molecular complexity index is 2390.